The molecule has 3 aromatic heterocycles. The summed E-state index contributed by atoms with van der Waals surface area (Å²) in [5.41, 5.74) is 8.49. The topological polar surface area (TPSA) is 73.9 Å². The Balaban J connectivity index is 1.67. The van der Waals surface area contributed by atoms with Gasteiger partial charge in [0.15, 0.2) is 0 Å². The van der Waals surface area contributed by atoms with Gasteiger partial charge in [-0.2, -0.15) is 0 Å². The summed E-state index contributed by atoms with van der Waals surface area (Å²) in [5, 5.41) is 4.87. The molecule has 4 aromatic rings. The summed E-state index contributed by atoms with van der Waals surface area (Å²) in [7, 11) is 0. The fraction of sp³-hybridized carbons (Fsp3) is 0.500. The van der Waals surface area contributed by atoms with Crippen LogP contribution in [0.15, 0.2) is 55.0 Å². The molecule has 3 heterocycles. The number of carbonyl (C=O) groups excluding carboxylic acids is 1. The zero-order valence-corrected chi connectivity index (χ0v) is 28.4. The standard InChI is InChI=1S/C38H53N5O/c1-25(2)23-43(24-26(3)4)37(44)38(8,9)34-20-32-33(22-41-34)42-36(31-18-27(5)17-28(6)19-31)35(32)29(7)21-40-14-10-11-30-12-15-39-16-13-30/h12-13,15-20,22,25-26,29,40,42H,10-11,14,21,23-24H2,1-9H3/t29-/m1/s1. The number of aromatic amines is 1. The van der Waals surface area contributed by atoms with Gasteiger partial charge in [0.1, 0.15) is 0 Å². The third-order valence-corrected chi connectivity index (χ3v) is 8.38. The van der Waals surface area contributed by atoms with Crippen LogP contribution < -0.4 is 5.32 Å². The average Bonchev–Trinajstić information content (AvgIpc) is 3.35. The predicted octanol–water partition coefficient (Wildman–Crippen LogP) is 7.99. The second-order valence-corrected chi connectivity index (χ2v) is 14.1. The minimum Gasteiger partial charge on any atom is -0.353 e. The first-order valence-corrected chi connectivity index (χ1v) is 16.4. The SMILES string of the molecule is Cc1cc(C)cc(-c2[nH]c3cnc(C(C)(C)C(=O)N(CC(C)C)CC(C)C)cc3c2[C@H](C)CNCCCc2ccncc2)c1. The van der Waals surface area contributed by atoms with E-state index in [1.165, 1.54) is 27.8 Å². The first kappa shape index (κ1) is 33.4. The maximum Gasteiger partial charge on any atom is 0.234 e. The van der Waals surface area contributed by atoms with Crippen LogP contribution in [0, 0.1) is 25.7 Å². The second-order valence-electron chi connectivity index (χ2n) is 14.1. The zero-order chi connectivity index (χ0) is 32.0. The van der Waals surface area contributed by atoms with Gasteiger partial charge in [0.2, 0.25) is 5.91 Å². The van der Waals surface area contributed by atoms with Crippen LogP contribution in [0.2, 0.25) is 0 Å². The number of nitrogens with one attached hydrogen (secondary N) is 2. The second kappa shape index (κ2) is 14.5. The van der Waals surface area contributed by atoms with Gasteiger partial charge in [-0.15, -0.1) is 0 Å². The van der Waals surface area contributed by atoms with E-state index in [2.05, 4.69) is 100 Å². The van der Waals surface area contributed by atoms with Crippen LogP contribution in [0.1, 0.15) is 88.8 Å². The summed E-state index contributed by atoms with van der Waals surface area (Å²) in [5.74, 6) is 1.19. The minimum atomic E-state index is -0.749. The van der Waals surface area contributed by atoms with E-state index in [4.69, 9.17) is 4.98 Å². The number of H-pyrrole nitrogens is 1. The molecule has 0 aliphatic heterocycles. The maximum atomic E-state index is 14.1. The van der Waals surface area contributed by atoms with Crippen molar-refractivity contribution in [2.45, 2.75) is 86.5 Å². The normalized spacial score (nSPS) is 12.8. The molecule has 1 amide bonds. The van der Waals surface area contributed by atoms with Crippen molar-refractivity contribution in [1.29, 1.82) is 0 Å². The lowest BCUT2D eigenvalue weighted by Crippen LogP contribution is -2.46. The molecule has 1 aromatic carbocycles. The number of hydrogen-bond acceptors (Lipinski definition) is 4. The van der Waals surface area contributed by atoms with Crippen molar-refractivity contribution in [3.8, 4) is 11.3 Å². The lowest BCUT2D eigenvalue weighted by molar-refractivity contribution is -0.137. The van der Waals surface area contributed by atoms with Crippen molar-refractivity contribution in [2.24, 2.45) is 11.8 Å². The van der Waals surface area contributed by atoms with E-state index >= 15 is 0 Å². The molecule has 0 fully saturated rings. The Morgan fingerprint density at radius 1 is 0.955 bits per heavy atom. The number of rotatable bonds is 14. The lowest BCUT2D eigenvalue weighted by Gasteiger charge is -2.34. The summed E-state index contributed by atoms with van der Waals surface area (Å²) >= 11 is 0. The van der Waals surface area contributed by atoms with Gasteiger partial charge in [-0.1, -0.05) is 51.8 Å². The van der Waals surface area contributed by atoms with Crippen molar-refractivity contribution in [3.63, 3.8) is 0 Å². The molecule has 0 spiro atoms. The monoisotopic (exact) mass is 595 g/mol. The van der Waals surface area contributed by atoms with Crippen LogP contribution in [0.25, 0.3) is 22.2 Å². The van der Waals surface area contributed by atoms with E-state index in [9.17, 15) is 4.79 Å². The predicted molar refractivity (Wildman–Crippen MR) is 184 cm³/mol. The zero-order valence-electron chi connectivity index (χ0n) is 28.4. The van der Waals surface area contributed by atoms with Crippen LogP contribution in [-0.4, -0.2) is 51.9 Å². The molecule has 2 N–H and O–H groups in total. The molecule has 6 heteroatoms. The van der Waals surface area contributed by atoms with E-state index in [0.717, 1.165) is 61.3 Å². The number of carbonyl (C=O) groups is 1. The largest absolute Gasteiger partial charge is 0.353 e. The van der Waals surface area contributed by atoms with Crippen LogP contribution in [-0.2, 0) is 16.6 Å². The molecule has 44 heavy (non-hydrogen) atoms. The Kier molecular flexibility index (Phi) is 11.0. The highest BCUT2D eigenvalue weighted by Gasteiger charge is 2.36. The Morgan fingerprint density at radius 2 is 1.59 bits per heavy atom. The van der Waals surface area contributed by atoms with Crippen molar-refractivity contribution in [2.75, 3.05) is 26.2 Å². The summed E-state index contributed by atoms with van der Waals surface area (Å²) in [4.78, 5) is 28.9. The molecule has 0 aliphatic carbocycles. The number of benzene rings is 1. The molecular formula is C38H53N5O. The van der Waals surface area contributed by atoms with Crippen molar-refractivity contribution in [3.05, 3.63) is 82.9 Å². The number of pyridine rings is 2. The van der Waals surface area contributed by atoms with E-state index < -0.39 is 5.41 Å². The summed E-state index contributed by atoms with van der Waals surface area (Å²) in [6.45, 7) is 22.7. The molecule has 0 aliphatic rings. The van der Waals surface area contributed by atoms with E-state index in [-0.39, 0.29) is 11.8 Å². The quantitative estimate of drug-likeness (QED) is 0.145. The Bertz CT molecular complexity index is 1510. The molecule has 0 saturated heterocycles. The van der Waals surface area contributed by atoms with E-state index in [1.54, 1.807) is 0 Å². The van der Waals surface area contributed by atoms with Crippen molar-refractivity contribution in [1.82, 2.24) is 25.2 Å². The number of amides is 1. The molecule has 4 rings (SSSR count). The highest BCUT2D eigenvalue weighted by Crippen LogP contribution is 2.38. The molecule has 0 bridgehead atoms. The maximum absolute atomic E-state index is 14.1. The number of nitrogens with zero attached hydrogens (tertiary/aromatic N) is 3. The van der Waals surface area contributed by atoms with Gasteiger partial charge in [0, 0.05) is 37.4 Å². The molecule has 0 radical (unpaired) electrons. The summed E-state index contributed by atoms with van der Waals surface area (Å²) < 4.78 is 0. The Morgan fingerprint density at radius 3 is 2.20 bits per heavy atom. The Labute approximate surface area is 265 Å². The molecule has 1 atom stereocenters. The number of fused-ring (bicyclic) bond motifs is 1. The van der Waals surface area contributed by atoms with Gasteiger partial charge in [-0.3, -0.25) is 14.8 Å². The van der Waals surface area contributed by atoms with Crippen LogP contribution >= 0.6 is 0 Å². The molecule has 0 saturated carbocycles. The fourth-order valence-electron chi connectivity index (χ4n) is 6.33. The number of aryl methyl sites for hydroxylation is 3. The van der Waals surface area contributed by atoms with E-state index in [0.29, 0.717) is 11.8 Å². The number of hydrogen-bond donors (Lipinski definition) is 2. The molecular weight excluding hydrogens is 542 g/mol. The molecule has 0 unspecified atom stereocenters. The summed E-state index contributed by atoms with van der Waals surface area (Å²) in [6.07, 6.45) is 7.76. The van der Waals surface area contributed by atoms with E-state index in [1.807, 2.05) is 37.3 Å². The smallest absolute Gasteiger partial charge is 0.234 e. The van der Waals surface area contributed by atoms with Crippen LogP contribution in [0.4, 0.5) is 0 Å². The first-order valence-electron chi connectivity index (χ1n) is 16.4. The van der Waals surface area contributed by atoms with Gasteiger partial charge >= 0.3 is 0 Å². The average molecular weight is 596 g/mol. The Hall–Kier alpha value is -3.51. The van der Waals surface area contributed by atoms with Crippen LogP contribution in [0.5, 0.6) is 0 Å². The fourth-order valence-corrected chi connectivity index (χ4v) is 6.33. The first-order chi connectivity index (χ1) is 20.9. The molecule has 6 nitrogen and oxygen atoms in total. The van der Waals surface area contributed by atoms with Gasteiger partial charge < -0.3 is 15.2 Å². The third kappa shape index (κ3) is 8.15. The van der Waals surface area contributed by atoms with Gasteiger partial charge in [-0.25, -0.2) is 0 Å². The lowest BCUT2D eigenvalue weighted by atomic mass is 9.85. The summed E-state index contributed by atoms with van der Waals surface area (Å²) in [6, 6.07) is 13.1. The minimum absolute atomic E-state index is 0.141. The van der Waals surface area contributed by atoms with Crippen molar-refractivity contribution >= 4 is 16.8 Å². The number of aromatic nitrogens is 3. The van der Waals surface area contributed by atoms with Crippen molar-refractivity contribution < 1.29 is 4.79 Å². The van der Waals surface area contributed by atoms with Gasteiger partial charge in [0.25, 0.3) is 0 Å². The highest BCUT2D eigenvalue weighted by molar-refractivity contribution is 5.93. The highest BCUT2D eigenvalue weighted by atomic mass is 16.2. The van der Waals surface area contributed by atoms with Gasteiger partial charge in [0.05, 0.1) is 28.5 Å². The molecule has 236 valence electrons. The third-order valence-electron chi connectivity index (χ3n) is 8.38. The van der Waals surface area contributed by atoms with Gasteiger partial charge in [-0.05, 0) is 112 Å². The van der Waals surface area contributed by atoms with Crippen LogP contribution in [0.3, 0.4) is 0 Å².